The van der Waals surface area contributed by atoms with Crippen LogP contribution in [-0.4, -0.2) is 47.0 Å². The molecule has 2 heterocycles. The molecule has 6 nitrogen and oxygen atoms in total. The van der Waals surface area contributed by atoms with Gasteiger partial charge in [0.25, 0.3) is 5.91 Å². The number of carbonyl (C=O) groups is 1. The summed E-state index contributed by atoms with van der Waals surface area (Å²) in [6.07, 6.45) is -4.66. The average molecular weight is 341 g/mol. The molecule has 0 aliphatic carbocycles. The zero-order chi connectivity index (χ0) is 16.5. The summed E-state index contributed by atoms with van der Waals surface area (Å²) in [7, 11) is 0. The van der Waals surface area contributed by atoms with Gasteiger partial charge in [0.2, 0.25) is 0 Å². The van der Waals surface area contributed by atoms with E-state index >= 15 is 0 Å². The van der Waals surface area contributed by atoms with E-state index in [4.69, 9.17) is 16.3 Å². The minimum absolute atomic E-state index is 0.0959. The summed E-state index contributed by atoms with van der Waals surface area (Å²) in [6, 6.07) is -0.920. The van der Waals surface area contributed by atoms with Crippen LogP contribution in [0.4, 0.5) is 13.2 Å². The molecule has 1 N–H and O–H groups in total. The van der Waals surface area contributed by atoms with Crippen LogP contribution in [0.25, 0.3) is 0 Å². The van der Waals surface area contributed by atoms with Crippen LogP contribution < -0.4 is 5.43 Å². The third-order valence-electron chi connectivity index (χ3n) is 3.37. The lowest BCUT2D eigenvalue weighted by Crippen LogP contribution is -2.50. The fourth-order valence-corrected chi connectivity index (χ4v) is 2.32. The topological polar surface area (TPSA) is 59.4 Å². The highest BCUT2D eigenvalue weighted by atomic mass is 35.5. The van der Waals surface area contributed by atoms with Crippen LogP contribution in [0.15, 0.2) is 0 Å². The number of hydrogen-bond acceptors (Lipinski definition) is 4. The third kappa shape index (κ3) is 3.53. The number of morpholine rings is 1. The second-order valence-corrected chi connectivity index (χ2v) is 5.32. The Morgan fingerprint density at radius 3 is 2.50 bits per heavy atom. The number of hydrogen-bond donors (Lipinski definition) is 1. The van der Waals surface area contributed by atoms with E-state index in [1.807, 2.05) is 0 Å². The molecule has 0 saturated carbocycles. The van der Waals surface area contributed by atoms with Crippen LogP contribution in [-0.2, 0) is 15.7 Å². The maximum atomic E-state index is 12.8. The summed E-state index contributed by atoms with van der Waals surface area (Å²) < 4.78 is 44.5. The summed E-state index contributed by atoms with van der Waals surface area (Å²) in [5.41, 5.74) is 1.55. The summed E-state index contributed by atoms with van der Waals surface area (Å²) in [6.45, 7) is 4.87. The Bertz CT molecular complexity index is 555. The van der Waals surface area contributed by atoms with Crippen LogP contribution in [0, 0.1) is 6.92 Å². The highest BCUT2D eigenvalue weighted by molar-refractivity contribution is 6.32. The lowest BCUT2D eigenvalue weighted by molar-refractivity contribution is -0.142. The van der Waals surface area contributed by atoms with Gasteiger partial charge in [0.05, 0.1) is 23.9 Å². The Morgan fingerprint density at radius 2 is 2.00 bits per heavy atom. The number of rotatable bonds is 3. The van der Waals surface area contributed by atoms with Crippen molar-refractivity contribution in [3.05, 3.63) is 16.4 Å². The zero-order valence-corrected chi connectivity index (χ0v) is 12.8. The second kappa shape index (κ2) is 6.43. The minimum Gasteiger partial charge on any atom is -0.379 e. The first-order valence-corrected chi connectivity index (χ1v) is 7.04. The normalized spacial score (nSPS) is 18.3. The van der Waals surface area contributed by atoms with Gasteiger partial charge >= 0.3 is 6.18 Å². The van der Waals surface area contributed by atoms with Crippen molar-refractivity contribution in [3.8, 4) is 0 Å². The molecule has 22 heavy (non-hydrogen) atoms. The molecular weight excluding hydrogens is 325 g/mol. The van der Waals surface area contributed by atoms with Crippen molar-refractivity contribution in [1.29, 1.82) is 0 Å². The molecule has 1 atom stereocenters. The number of carbonyl (C=O) groups excluding carboxylic acids is 1. The smallest absolute Gasteiger partial charge is 0.379 e. The van der Waals surface area contributed by atoms with Crippen molar-refractivity contribution >= 4 is 17.5 Å². The van der Waals surface area contributed by atoms with Crippen LogP contribution in [0.2, 0.25) is 5.02 Å². The largest absolute Gasteiger partial charge is 0.436 e. The number of aromatic nitrogens is 2. The van der Waals surface area contributed by atoms with E-state index < -0.39 is 28.8 Å². The van der Waals surface area contributed by atoms with E-state index in [0.29, 0.717) is 26.3 Å². The van der Waals surface area contributed by atoms with Gasteiger partial charge in [-0.25, -0.2) is 5.01 Å². The van der Waals surface area contributed by atoms with Crippen molar-refractivity contribution in [2.45, 2.75) is 26.1 Å². The third-order valence-corrected chi connectivity index (χ3v) is 3.82. The molecule has 1 fully saturated rings. The summed E-state index contributed by atoms with van der Waals surface area (Å²) in [5.74, 6) is -0.460. The van der Waals surface area contributed by atoms with Crippen molar-refractivity contribution in [3.63, 3.8) is 0 Å². The molecule has 124 valence electrons. The van der Waals surface area contributed by atoms with Gasteiger partial charge in [0.15, 0.2) is 5.69 Å². The molecule has 1 amide bonds. The number of nitrogens with one attached hydrogen (secondary N) is 1. The molecule has 0 aromatic carbocycles. The Hall–Kier alpha value is -1.32. The SMILES string of the molecule is Cc1c(Cl)c(C(F)(F)F)nn1[C@@H](C)C(=O)NN1CCOCC1. The van der Waals surface area contributed by atoms with Crippen LogP contribution >= 0.6 is 11.6 Å². The van der Waals surface area contributed by atoms with Crippen molar-refractivity contribution < 1.29 is 22.7 Å². The average Bonchev–Trinajstić information content (AvgIpc) is 2.75. The van der Waals surface area contributed by atoms with Crippen LogP contribution in [0.1, 0.15) is 24.4 Å². The van der Waals surface area contributed by atoms with Gasteiger partial charge in [-0.05, 0) is 13.8 Å². The van der Waals surface area contributed by atoms with Crippen molar-refractivity contribution in [2.24, 2.45) is 0 Å². The van der Waals surface area contributed by atoms with Crippen molar-refractivity contribution in [1.82, 2.24) is 20.2 Å². The molecular formula is C12H16ClF3N4O2. The first kappa shape index (κ1) is 17.0. The monoisotopic (exact) mass is 340 g/mol. The van der Waals surface area contributed by atoms with Gasteiger partial charge in [-0.15, -0.1) is 0 Å². The van der Waals surface area contributed by atoms with E-state index in [1.165, 1.54) is 13.8 Å². The number of amides is 1. The van der Waals surface area contributed by atoms with E-state index in [0.717, 1.165) is 4.68 Å². The highest BCUT2D eigenvalue weighted by Crippen LogP contribution is 2.36. The lowest BCUT2D eigenvalue weighted by atomic mass is 10.3. The molecule has 0 bridgehead atoms. The summed E-state index contributed by atoms with van der Waals surface area (Å²) in [5, 5.41) is 4.62. The van der Waals surface area contributed by atoms with Crippen molar-refractivity contribution in [2.75, 3.05) is 26.3 Å². The fraction of sp³-hybridized carbons (Fsp3) is 0.667. The number of alkyl halides is 3. The minimum atomic E-state index is -4.66. The number of halogens is 4. The molecule has 1 saturated heterocycles. The van der Waals surface area contributed by atoms with E-state index in [1.54, 1.807) is 5.01 Å². The standard InChI is InChI=1S/C12H16ClF3N4O2/c1-7-9(13)10(12(14,15)16)17-20(7)8(2)11(21)18-19-3-5-22-6-4-19/h8H,3-6H2,1-2H3,(H,18,21)/t8-/m0/s1. The summed E-state index contributed by atoms with van der Waals surface area (Å²) >= 11 is 5.68. The molecule has 1 aromatic heterocycles. The van der Waals surface area contributed by atoms with E-state index in [-0.39, 0.29) is 5.69 Å². The fourth-order valence-electron chi connectivity index (χ4n) is 2.09. The molecule has 0 radical (unpaired) electrons. The quantitative estimate of drug-likeness (QED) is 0.911. The van der Waals surface area contributed by atoms with Crippen LogP contribution in [0.3, 0.4) is 0 Å². The maximum Gasteiger partial charge on any atom is 0.436 e. The molecule has 1 aliphatic rings. The zero-order valence-electron chi connectivity index (χ0n) is 12.1. The first-order chi connectivity index (χ1) is 10.2. The first-order valence-electron chi connectivity index (χ1n) is 6.66. The van der Waals surface area contributed by atoms with Gasteiger partial charge in [0, 0.05) is 13.1 Å². The Balaban J connectivity index is 2.15. The Kier molecular flexibility index (Phi) is 4.98. The molecule has 10 heteroatoms. The number of ether oxygens (including phenoxy) is 1. The number of nitrogens with zero attached hydrogens (tertiary/aromatic N) is 3. The van der Waals surface area contributed by atoms with Gasteiger partial charge in [-0.1, -0.05) is 11.6 Å². The van der Waals surface area contributed by atoms with E-state index in [9.17, 15) is 18.0 Å². The maximum absolute atomic E-state index is 12.8. The molecule has 1 aliphatic heterocycles. The summed E-state index contributed by atoms with van der Waals surface area (Å²) in [4.78, 5) is 12.2. The van der Waals surface area contributed by atoms with Crippen LogP contribution in [0.5, 0.6) is 0 Å². The molecule has 2 rings (SSSR count). The van der Waals surface area contributed by atoms with Gasteiger partial charge in [-0.3, -0.25) is 14.9 Å². The lowest BCUT2D eigenvalue weighted by Gasteiger charge is -2.28. The molecule has 0 unspecified atom stereocenters. The predicted molar refractivity (Wildman–Crippen MR) is 72.2 cm³/mol. The van der Waals surface area contributed by atoms with Gasteiger partial charge in [-0.2, -0.15) is 18.3 Å². The van der Waals surface area contributed by atoms with Gasteiger partial charge in [0.1, 0.15) is 6.04 Å². The Labute approximate surface area is 130 Å². The Morgan fingerprint density at radius 1 is 1.41 bits per heavy atom. The molecule has 0 spiro atoms. The van der Waals surface area contributed by atoms with Gasteiger partial charge < -0.3 is 4.74 Å². The van der Waals surface area contributed by atoms with E-state index in [2.05, 4.69) is 10.5 Å². The number of hydrazine groups is 1. The highest BCUT2D eigenvalue weighted by Gasteiger charge is 2.39. The second-order valence-electron chi connectivity index (χ2n) is 4.94. The molecule has 1 aromatic rings. The predicted octanol–water partition coefficient (Wildman–Crippen LogP) is 1.79.